The van der Waals surface area contributed by atoms with E-state index in [4.69, 9.17) is 4.74 Å². The maximum absolute atomic E-state index is 12.6. The number of carbonyl (C=O) groups excluding carboxylic acids is 2. The molecule has 7 nitrogen and oxygen atoms in total. The van der Waals surface area contributed by atoms with E-state index < -0.39 is 27.9 Å². The quantitative estimate of drug-likeness (QED) is 0.674. The second-order valence-electron chi connectivity index (χ2n) is 5.59. The summed E-state index contributed by atoms with van der Waals surface area (Å²) >= 11 is 1.55. The summed E-state index contributed by atoms with van der Waals surface area (Å²) in [5, 5.41) is 2.63. The van der Waals surface area contributed by atoms with Gasteiger partial charge in [-0.15, -0.1) is 0 Å². The van der Waals surface area contributed by atoms with Crippen LogP contribution < -0.4 is 5.32 Å². The van der Waals surface area contributed by atoms with Crippen molar-refractivity contribution in [1.82, 2.24) is 9.62 Å². The molecule has 0 saturated carbocycles. The van der Waals surface area contributed by atoms with Crippen molar-refractivity contribution in [1.29, 1.82) is 0 Å². The minimum absolute atomic E-state index is 0.0204. The van der Waals surface area contributed by atoms with Crippen LogP contribution in [0.4, 0.5) is 0 Å². The van der Waals surface area contributed by atoms with E-state index >= 15 is 0 Å². The smallest absolute Gasteiger partial charge is 0.328 e. The number of esters is 1. The Morgan fingerprint density at radius 1 is 1.32 bits per heavy atom. The van der Waals surface area contributed by atoms with Gasteiger partial charge in [-0.3, -0.25) is 4.79 Å². The van der Waals surface area contributed by atoms with Crippen LogP contribution in [0.15, 0.2) is 23.1 Å². The molecule has 0 aliphatic rings. The van der Waals surface area contributed by atoms with Crippen molar-refractivity contribution in [2.75, 3.05) is 33.2 Å². The number of nitrogens with zero attached hydrogens (tertiary/aromatic N) is 1. The van der Waals surface area contributed by atoms with E-state index in [0.717, 1.165) is 4.31 Å². The van der Waals surface area contributed by atoms with Crippen molar-refractivity contribution in [3.63, 3.8) is 0 Å². The number of methoxy groups -OCH3 is 1. The second kappa shape index (κ2) is 9.21. The van der Waals surface area contributed by atoms with Gasteiger partial charge < -0.3 is 10.1 Å². The molecule has 9 heteroatoms. The van der Waals surface area contributed by atoms with Gasteiger partial charge in [0.2, 0.25) is 10.0 Å². The van der Waals surface area contributed by atoms with Crippen LogP contribution in [0, 0.1) is 6.92 Å². The molecule has 1 atom stereocenters. The largest absolute Gasteiger partial charge is 0.467 e. The van der Waals surface area contributed by atoms with E-state index in [1.165, 1.54) is 33.3 Å². The number of benzene rings is 1. The minimum atomic E-state index is -3.65. The average Bonchev–Trinajstić information content (AvgIpc) is 2.57. The molecule has 0 aliphatic heterocycles. The molecular weight excluding hydrogens is 364 g/mol. The van der Waals surface area contributed by atoms with Crippen molar-refractivity contribution < 1.29 is 22.7 Å². The molecule has 1 N–H and O–H groups in total. The first-order chi connectivity index (χ1) is 11.6. The molecule has 0 aromatic heterocycles. The average molecular weight is 389 g/mol. The molecule has 1 rings (SSSR count). The Bertz CT molecular complexity index is 732. The highest BCUT2D eigenvalue weighted by Crippen LogP contribution is 2.18. The molecule has 0 radical (unpaired) electrons. The number of hydrogen-bond donors (Lipinski definition) is 1. The number of nitrogens with one attached hydrogen (secondary N) is 1. The van der Waals surface area contributed by atoms with Gasteiger partial charge in [0.15, 0.2) is 0 Å². The Balaban J connectivity index is 3.13. The fourth-order valence-corrected chi connectivity index (χ4v) is 3.48. The lowest BCUT2D eigenvalue weighted by Gasteiger charge is -2.18. The SMILES string of the molecule is COC(=O)[C@H](CCSC)NC(=O)c1cc(S(=O)(=O)N(C)C)ccc1C. The van der Waals surface area contributed by atoms with Gasteiger partial charge in [0.1, 0.15) is 6.04 Å². The van der Waals surface area contributed by atoms with Crippen LogP contribution in [0.5, 0.6) is 0 Å². The summed E-state index contributed by atoms with van der Waals surface area (Å²) in [7, 11) is 0.448. The summed E-state index contributed by atoms with van der Waals surface area (Å²) in [5.41, 5.74) is 0.824. The molecule has 1 aromatic carbocycles. The van der Waals surface area contributed by atoms with Crippen LogP contribution in [-0.2, 0) is 19.6 Å². The summed E-state index contributed by atoms with van der Waals surface area (Å²) in [6.07, 6.45) is 2.32. The van der Waals surface area contributed by atoms with Crippen molar-refractivity contribution in [3.8, 4) is 0 Å². The molecule has 0 unspecified atom stereocenters. The van der Waals surface area contributed by atoms with E-state index in [9.17, 15) is 18.0 Å². The molecule has 1 aromatic rings. The summed E-state index contributed by atoms with van der Waals surface area (Å²) in [6, 6.07) is 3.56. The lowest BCUT2D eigenvalue weighted by atomic mass is 10.1. The summed E-state index contributed by atoms with van der Waals surface area (Å²) < 4.78 is 30.3. The Hall–Kier alpha value is -1.58. The number of hydrogen-bond acceptors (Lipinski definition) is 6. The Labute approximate surface area is 153 Å². The van der Waals surface area contributed by atoms with Crippen LogP contribution in [0.25, 0.3) is 0 Å². The van der Waals surface area contributed by atoms with Crippen LogP contribution in [0.3, 0.4) is 0 Å². The molecule has 1 amide bonds. The first kappa shape index (κ1) is 21.5. The zero-order valence-electron chi connectivity index (χ0n) is 15.0. The molecule has 0 fully saturated rings. The molecule has 0 spiro atoms. The van der Waals surface area contributed by atoms with E-state index in [0.29, 0.717) is 17.7 Å². The van der Waals surface area contributed by atoms with Gasteiger partial charge in [-0.05, 0) is 43.0 Å². The normalized spacial score (nSPS) is 12.7. The standard InChI is InChI=1S/C16H24N2O5S2/c1-11-6-7-12(25(21,22)18(2)3)10-13(11)15(19)17-14(8-9-24-5)16(20)23-4/h6-7,10,14H,8-9H2,1-5H3,(H,17,19)/t14-/m0/s1. The number of sulfonamides is 1. The van der Waals surface area contributed by atoms with Crippen LogP contribution in [-0.4, -0.2) is 63.9 Å². The molecule has 25 heavy (non-hydrogen) atoms. The van der Waals surface area contributed by atoms with Crippen molar-refractivity contribution in [3.05, 3.63) is 29.3 Å². The number of aryl methyl sites for hydroxylation is 1. The Morgan fingerprint density at radius 2 is 1.96 bits per heavy atom. The van der Waals surface area contributed by atoms with Gasteiger partial charge in [-0.2, -0.15) is 11.8 Å². The summed E-state index contributed by atoms with van der Waals surface area (Å²) in [6.45, 7) is 1.70. The number of rotatable bonds is 8. The van der Waals surface area contributed by atoms with E-state index in [-0.39, 0.29) is 10.5 Å². The highest BCUT2D eigenvalue weighted by Gasteiger charge is 2.24. The van der Waals surface area contributed by atoms with Gasteiger partial charge >= 0.3 is 5.97 Å². The first-order valence-electron chi connectivity index (χ1n) is 7.56. The highest BCUT2D eigenvalue weighted by atomic mass is 32.2. The Morgan fingerprint density at radius 3 is 2.48 bits per heavy atom. The number of thioether (sulfide) groups is 1. The molecule has 0 aliphatic carbocycles. The van der Waals surface area contributed by atoms with Crippen molar-refractivity contribution in [2.24, 2.45) is 0 Å². The summed E-state index contributed by atoms with van der Waals surface area (Å²) in [5.74, 6) is -0.365. The molecule has 0 bridgehead atoms. The maximum Gasteiger partial charge on any atom is 0.328 e. The maximum atomic E-state index is 12.6. The number of carbonyl (C=O) groups is 2. The topological polar surface area (TPSA) is 92.8 Å². The van der Waals surface area contributed by atoms with Gasteiger partial charge in [0.25, 0.3) is 5.91 Å². The fourth-order valence-electron chi connectivity index (χ4n) is 2.08. The highest BCUT2D eigenvalue weighted by molar-refractivity contribution is 7.98. The van der Waals surface area contributed by atoms with Crippen molar-refractivity contribution in [2.45, 2.75) is 24.3 Å². The number of ether oxygens (including phenoxy) is 1. The minimum Gasteiger partial charge on any atom is -0.467 e. The third-order valence-corrected chi connectivity index (χ3v) is 6.09. The zero-order chi connectivity index (χ0) is 19.2. The van der Waals surface area contributed by atoms with Gasteiger partial charge in [0, 0.05) is 19.7 Å². The van der Waals surface area contributed by atoms with E-state index in [1.807, 2.05) is 6.26 Å². The molecule has 0 heterocycles. The van der Waals surface area contributed by atoms with Gasteiger partial charge in [-0.25, -0.2) is 17.5 Å². The Kier molecular flexibility index (Phi) is 7.91. The monoisotopic (exact) mass is 388 g/mol. The summed E-state index contributed by atoms with van der Waals surface area (Å²) in [4.78, 5) is 24.4. The molecular formula is C16H24N2O5S2. The predicted octanol–water partition coefficient (Wildman–Crippen LogP) is 1.27. The van der Waals surface area contributed by atoms with Crippen LogP contribution in [0.1, 0.15) is 22.3 Å². The van der Waals surface area contributed by atoms with Gasteiger partial charge in [-0.1, -0.05) is 6.07 Å². The van der Waals surface area contributed by atoms with E-state index in [1.54, 1.807) is 24.8 Å². The third-order valence-electron chi connectivity index (χ3n) is 3.63. The van der Waals surface area contributed by atoms with Gasteiger partial charge in [0.05, 0.1) is 12.0 Å². The van der Waals surface area contributed by atoms with Crippen LogP contribution >= 0.6 is 11.8 Å². The van der Waals surface area contributed by atoms with Crippen molar-refractivity contribution >= 4 is 33.7 Å². The predicted molar refractivity (Wildman–Crippen MR) is 98.3 cm³/mol. The van der Waals surface area contributed by atoms with E-state index in [2.05, 4.69) is 5.32 Å². The second-order valence-corrected chi connectivity index (χ2v) is 8.73. The third kappa shape index (κ3) is 5.45. The molecule has 0 saturated heterocycles. The molecule has 140 valence electrons. The first-order valence-corrected chi connectivity index (χ1v) is 10.4. The fraction of sp³-hybridized carbons (Fsp3) is 0.500. The zero-order valence-corrected chi connectivity index (χ0v) is 16.7. The number of amides is 1. The lowest BCUT2D eigenvalue weighted by Crippen LogP contribution is -2.42. The van der Waals surface area contributed by atoms with Crippen LogP contribution in [0.2, 0.25) is 0 Å². The lowest BCUT2D eigenvalue weighted by molar-refractivity contribution is -0.142.